The number of fused-ring (bicyclic) bond motifs is 2. The second-order valence-electron chi connectivity index (χ2n) is 10.9. The van der Waals surface area contributed by atoms with Crippen molar-refractivity contribution in [2.75, 3.05) is 27.0 Å². The van der Waals surface area contributed by atoms with Crippen molar-refractivity contribution in [1.29, 1.82) is 0 Å². The molecular formula is C34H32F3N9S. The topological polar surface area (TPSA) is 111 Å². The number of nitrogens with zero attached hydrogens (tertiary/aromatic N) is 4. The summed E-state index contributed by atoms with van der Waals surface area (Å²) in [5.41, 5.74) is 18.5. The Morgan fingerprint density at radius 2 is 1.17 bits per heavy atom. The molecule has 240 valence electrons. The summed E-state index contributed by atoms with van der Waals surface area (Å²) < 4.78 is 37.7. The van der Waals surface area contributed by atoms with Crippen molar-refractivity contribution in [2.24, 2.45) is 10.2 Å². The minimum Gasteiger partial charge on any atom is -0.382 e. The maximum Gasteiger partial charge on any atom is 0.395 e. The molecule has 6 rings (SSSR count). The van der Waals surface area contributed by atoms with Crippen LogP contribution in [0, 0.1) is 0 Å². The van der Waals surface area contributed by atoms with Crippen molar-refractivity contribution < 1.29 is 13.2 Å². The molecular weight excluding hydrogens is 623 g/mol. The van der Waals surface area contributed by atoms with Crippen LogP contribution in [0.1, 0.15) is 25.3 Å². The van der Waals surface area contributed by atoms with Gasteiger partial charge in [0.05, 0.1) is 34.9 Å². The van der Waals surface area contributed by atoms with Crippen LogP contribution in [0.3, 0.4) is 0 Å². The molecule has 0 aliphatic rings. The summed E-state index contributed by atoms with van der Waals surface area (Å²) in [4.78, 5) is 0. The van der Waals surface area contributed by atoms with Crippen LogP contribution in [-0.2, 0) is 6.42 Å². The Kier molecular flexibility index (Phi) is 9.34. The first-order chi connectivity index (χ1) is 22.8. The van der Waals surface area contributed by atoms with E-state index in [0.29, 0.717) is 11.7 Å². The standard InChI is InChI=1S/C34H32F3N9S/c1-3-21(2)38-28-16-17-30(25-9-5-4-8-24(25)28)42-43-31-19-18-29(26-10-6-7-11-27(26)31)41-39-22-12-14-23(15-13-22)40-45-33-46-44-32(47-33)20-34(35,36)37/h4-19,21,38-39,41-43H,3,20H2,1-2H3. The summed E-state index contributed by atoms with van der Waals surface area (Å²) in [6, 6.07) is 32.1. The molecule has 1 heterocycles. The third kappa shape index (κ3) is 7.87. The summed E-state index contributed by atoms with van der Waals surface area (Å²) in [5.74, 6) is 0. The van der Waals surface area contributed by atoms with Gasteiger partial charge in [-0.25, -0.2) is 0 Å². The van der Waals surface area contributed by atoms with Gasteiger partial charge < -0.3 is 27.0 Å². The molecule has 0 bridgehead atoms. The molecule has 0 amide bonds. The fourth-order valence-electron chi connectivity index (χ4n) is 4.93. The zero-order valence-corrected chi connectivity index (χ0v) is 26.4. The highest BCUT2D eigenvalue weighted by atomic mass is 32.1. The summed E-state index contributed by atoms with van der Waals surface area (Å²) in [7, 11) is 0. The number of halogens is 3. The Morgan fingerprint density at radius 1 is 0.660 bits per heavy atom. The molecule has 6 aromatic rings. The lowest BCUT2D eigenvalue weighted by atomic mass is 10.1. The number of anilines is 5. The number of rotatable bonds is 12. The maximum absolute atomic E-state index is 12.6. The van der Waals surface area contributed by atoms with Crippen LogP contribution in [0.25, 0.3) is 21.5 Å². The number of hydrogen-bond donors (Lipinski definition) is 5. The monoisotopic (exact) mass is 655 g/mol. The average Bonchev–Trinajstić information content (AvgIpc) is 3.52. The molecule has 1 aromatic heterocycles. The van der Waals surface area contributed by atoms with Gasteiger partial charge in [0, 0.05) is 33.3 Å². The summed E-state index contributed by atoms with van der Waals surface area (Å²) in [6.07, 6.45) is -4.44. The van der Waals surface area contributed by atoms with Gasteiger partial charge >= 0.3 is 6.18 Å². The summed E-state index contributed by atoms with van der Waals surface area (Å²) in [5, 5.41) is 23.0. The number of hydrazine groups is 2. The van der Waals surface area contributed by atoms with Gasteiger partial charge in [-0.05, 0) is 61.9 Å². The highest BCUT2D eigenvalue weighted by Gasteiger charge is 2.29. The van der Waals surface area contributed by atoms with Crippen LogP contribution in [0.2, 0.25) is 0 Å². The first-order valence-corrected chi connectivity index (χ1v) is 15.8. The van der Waals surface area contributed by atoms with E-state index in [1.165, 1.54) is 0 Å². The van der Waals surface area contributed by atoms with Gasteiger partial charge in [0.25, 0.3) is 5.13 Å². The summed E-state index contributed by atoms with van der Waals surface area (Å²) in [6.45, 7) is 4.35. The Hall–Kier alpha value is -5.43. The predicted molar refractivity (Wildman–Crippen MR) is 186 cm³/mol. The minimum atomic E-state index is -4.35. The molecule has 0 spiro atoms. The third-order valence-corrected chi connectivity index (χ3v) is 8.27. The van der Waals surface area contributed by atoms with Gasteiger partial charge in [-0.1, -0.05) is 66.8 Å². The van der Waals surface area contributed by atoms with E-state index in [0.717, 1.165) is 67.7 Å². The van der Waals surface area contributed by atoms with Crippen LogP contribution in [-0.4, -0.2) is 22.4 Å². The Labute approximate surface area is 273 Å². The molecule has 5 aromatic carbocycles. The SMILES string of the molecule is CCC(C)Nc1ccc(NNc2ccc(NNc3ccc(N=Nc4nnc(CC(F)(F)F)s4)cc3)c3ccccc23)c2ccccc12. The van der Waals surface area contributed by atoms with E-state index in [1.54, 1.807) is 12.1 Å². The molecule has 9 nitrogen and oxygen atoms in total. The van der Waals surface area contributed by atoms with E-state index < -0.39 is 12.6 Å². The maximum atomic E-state index is 12.6. The van der Waals surface area contributed by atoms with Gasteiger partial charge in [0.15, 0.2) is 0 Å². The zero-order valence-electron chi connectivity index (χ0n) is 25.6. The second kappa shape index (κ2) is 13.9. The Morgan fingerprint density at radius 3 is 1.70 bits per heavy atom. The van der Waals surface area contributed by atoms with Crippen LogP contribution in [0.4, 0.5) is 52.4 Å². The molecule has 0 fully saturated rings. The molecule has 5 N–H and O–H groups in total. The summed E-state index contributed by atoms with van der Waals surface area (Å²) >= 11 is 0.759. The first-order valence-electron chi connectivity index (χ1n) is 15.0. The molecule has 1 unspecified atom stereocenters. The molecule has 47 heavy (non-hydrogen) atoms. The predicted octanol–water partition coefficient (Wildman–Crippen LogP) is 10.5. The number of hydrogen-bond acceptors (Lipinski definition) is 10. The highest BCUT2D eigenvalue weighted by Crippen LogP contribution is 2.34. The van der Waals surface area contributed by atoms with Crippen molar-refractivity contribution in [3.05, 3.63) is 102 Å². The van der Waals surface area contributed by atoms with Crippen LogP contribution in [0.15, 0.2) is 107 Å². The first kappa shape index (κ1) is 31.5. The average molecular weight is 656 g/mol. The van der Waals surface area contributed by atoms with E-state index in [9.17, 15) is 13.2 Å². The van der Waals surface area contributed by atoms with Gasteiger partial charge in [-0.15, -0.1) is 20.4 Å². The van der Waals surface area contributed by atoms with E-state index in [1.807, 2.05) is 48.5 Å². The van der Waals surface area contributed by atoms with Gasteiger partial charge in [0.2, 0.25) is 0 Å². The van der Waals surface area contributed by atoms with Crippen LogP contribution in [0.5, 0.6) is 0 Å². The fourth-order valence-corrected chi connectivity index (χ4v) is 5.62. The largest absolute Gasteiger partial charge is 0.395 e. The fraction of sp³-hybridized carbons (Fsp3) is 0.176. The number of nitrogens with one attached hydrogen (secondary N) is 5. The van der Waals surface area contributed by atoms with E-state index >= 15 is 0 Å². The van der Waals surface area contributed by atoms with E-state index in [-0.39, 0.29) is 10.1 Å². The number of aromatic nitrogens is 2. The molecule has 0 aliphatic carbocycles. The normalized spacial score (nSPS) is 12.4. The lowest BCUT2D eigenvalue weighted by Crippen LogP contribution is -2.14. The lowest BCUT2D eigenvalue weighted by Gasteiger charge is -2.19. The molecule has 0 aliphatic heterocycles. The number of benzene rings is 5. The van der Waals surface area contributed by atoms with E-state index in [4.69, 9.17) is 0 Å². The van der Waals surface area contributed by atoms with Gasteiger partial charge in [-0.2, -0.15) is 13.2 Å². The molecule has 0 radical (unpaired) electrons. The lowest BCUT2D eigenvalue weighted by molar-refractivity contribution is -0.127. The zero-order chi connectivity index (χ0) is 32.8. The van der Waals surface area contributed by atoms with Crippen molar-refractivity contribution in [3.63, 3.8) is 0 Å². The smallest absolute Gasteiger partial charge is 0.382 e. The molecule has 0 saturated carbocycles. The Bertz CT molecular complexity index is 2010. The van der Waals surface area contributed by atoms with Crippen molar-refractivity contribution in [1.82, 2.24) is 10.2 Å². The molecule has 13 heteroatoms. The minimum absolute atomic E-state index is 0.0637. The van der Waals surface area contributed by atoms with Crippen LogP contribution < -0.4 is 27.0 Å². The van der Waals surface area contributed by atoms with Crippen molar-refractivity contribution >= 4 is 72.1 Å². The van der Waals surface area contributed by atoms with Crippen LogP contribution >= 0.6 is 11.3 Å². The van der Waals surface area contributed by atoms with Gasteiger partial charge in [0.1, 0.15) is 5.01 Å². The quantitative estimate of drug-likeness (QED) is 0.0659. The second-order valence-corrected chi connectivity index (χ2v) is 11.9. The highest BCUT2D eigenvalue weighted by molar-refractivity contribution is 7.14. The molecule has 0 saturated heterocycles. The number of azo groups is 1. The van der Waals surface area contributed by atoms with Gasteiger partial charge in [-0.3, -0.25) is 0 Å². The third-order valence-electron chi connectivity index (χ3n) is 7.46. The van der Waals surface area contributed by atoms with E-state index in [2.05, 4.69) is 97.7 Å². The van der Waals surface area contributed by atoms with Crippen molar-refractivity contribution in [3.8, 4) is 0 Å². The number of alkyl halides is 3. The Balaban J connectivity index is 1.11. The molecule has 1 atom stereocenters. The van der Waals surface area contributed by atoms with Crippen molar-refractivity contribution in [2.45, 2.75) is 38.9 Å².